The zero-order valence-corrected chi connectivity index (χ0v) is 8.66. The molecule has 3 nitrogen and oxygen atoms in total. The van der Waals surface area contributed by atoms with Crippen LogP contribution >= 0.6 is 11.3 Å². The van der Waals surface area contributed by atoms with Crippen LogP contribution in [0.2, 0.25) is 0 Å². The molecule has 0 saturated heterocycles. The first-order valence-electron chi connectivity index (χ1n) is 4.37. The van der Waals surface area contributed by atoms with E-state index in [4.69, 9.17) is 10.5 Å². The van der Waals surface area contributed by atoms with E-state index in [2.05, 4.69) is 0 Å². The lowest BCUT2D eigenvalue weighted by Crippen LogP contribution is -2.15. The first-order valence-corrected chi connectivity index (χ1v) is 5.25. The third kappa shape index (κ3) is 2.35. The molecule has 0 atom stereocenters. The van der Waals surface area contributed by atoms with Gasteiger partial charge < -0.3 is 10.5 Å². The van der Waals surface area contributed by atoms with Crippen molar-refractivity contribution >= 4 is 17.4 Å². The fourth-order valence-electron chi connectivity index (χ4n) is 1.24. The van der Waals surface area contributed by atoms with Gasteiger partial charge in [-0.05, 0) is 11.6 Å². The van der Waals surface area contributed by atoms with Crippen LogP contribution in [0.3, 0.4) is 0 Å². The van der Waals surface area contributed by atoms with E-state index in [1.54, 1.807) is 11.4 Å². The fourth-order valence-corrected chi connectivity index (χ4v) is 2.06. The minimum absolute atomic E-state index is 0.492. The molecule has 1 heterocycles. The highest BCUT2D eigenvalue weighted by molar-refractivity contribution is 7.13. The normalized spacial score (nSPS) is 9.87. The van der Waals surface area contributed by atoms with E-state index in [0.717, 1.165) is 10.4 Å². The maximum absolute atomic E-state index is 10.5. The summed E-state index contributed by atoms with van der Waals surface area (Å²) in [5.41, 5.74) is 6.01. The number of hydrogen-bond acceptors (Lipinski definition) is 3. The van der Waals surface area contributed by atoms with Gasteiger partial charge in [0.05, 0.1) is 0 Å². The molecule has 0 aliphatic carbocycles. The fraction of sp³-hybridized carbons (Fsp3) is 0. The number of primary amides is 1. The predicted molar refractivity (Wildman–Crippen MR) is 60.0 cm³/mol. The number of rotatable bonds is 2. The number of hydrogen-bond donors (Lipinski definition) is 1. The van der Waals surface area contributed by atoms with Gasteiger partial charge in [0.2, 0.25) is 0 Å². The molecule has 4 heteroatoms. The highest BCUT2D eigenvalue weighted by Crippen LogP contribution is 2.30. The predicted octanol–water partition coefficient (Wildman–Crippen LogP) is 2.87. The summed E-state index contributed by atoms with van der Waals surface area (Å²) < 4.78 is 4.77. The Morgan fingerprint density at radius 2 is 2.00 bits per heavy atom. The minimum Gasteiger partial charge on any atom is -0.410 e. The lowest BCUT2D eigenvalue weighted by atomic mass is 10.2. The highest BCUT2D eigenvalue weighted by Gasteiger charge is 2.04. The van der Waals surface area contributed by atoms with Crippen LogP contribution < -0.4 is 10.5 Å². The van der Waals surface area contributed by atoms with Gasteiger partial charge in [-0.25, -0.2) is 4.79 Å². The Bertz CT molecular complexity index is 464. The molecule has 0 spiro atoms. The molecule has 0 radical (unpaired) electrons. The summed E-state index contributed by atoms with van der Waals surface area (Å²) in [5.74, 6) is 0.492. The molecule has 1 aromatic heterocycles. The second-order valence-electron chi connectivity index (χ2n) is 2.93. The number of thiophene rings is 1. The van der Waals surface area contributed by atoms with Crippen molar-refractivity contribution in [2.24, 2.45) is 5.73 Å². The maximum Gasteiger partial charge on any atom is 0.409 e. The minimum atomic E-state index is -0.785. The Balaban J connectivity index is 2.24. The van der Waals surface area contributed by atoms with Crippen LogP contribution in [0.1, 0.15) is 0 Å². The molecule has 2 aromatic rings. The Kier molecular flexibility index (Phi) is 2.69. The van der Waals surface area contributed by atoms with Crippen molar-refractivity contribution in [2.75, 3.05) is 0 Å². The molecule has 1 aromatic carbocycles. The van der Waals surface area contributed by atoms with Crippen LogP contribution in [-0.4, -0.2) is 6.09 Å². The summed E-state index contributed by atoms with van der Waals surface area (Å²) in [6.45, 7) is 0. The quantitative estimate of drug-likeness (QED) is 0.844. The molecule has 1 amide bonds. The number of carbonyl (C=O) groups is 1. The molecule has 2 rings (SSSR count). The van der Waals surface area contributed by atoms with E-state index in [9.17, 15) is 4.79 Å². The van der Waals surface area contributed by atoms with Gasteiger partial charge >= 0.3 is 6.09 Å². The van der Waals surface area contributed by atoms with Crippen molar-refractivity contribution in [1.82, 2.24) is 0 Å². The van der Waals surface area contributed by atoms with E-state index in [0.29, 0.717) is 5.75 Å². The third-order valence-corrected chi connectivity index (χ3v) is 2.81. The number of ether oxygens (including phenoxy) is 1. The maximum atomic E-state index is 10.5. The van der Waals surface area contributed by atoms with E-state index in [-0.39, 0.29) is 0 Å². The highest BCUT2D eigenvalue weighted by atomic mass is 32.1. The molecule has 0 unspecified atom stereocenters. The van der Waals surface area contributed by atoms with E-state index < -0.39 is 6.09 Å². The summed E-state index contributed by atoms with van der Waals surface area (Å²) >= 11 is 1.51. The topological polar surface area (TPSA) is 52.3 Å². The molecule has 0 fully saturated rings. The molecular formula is C11H9NO2S. The van der Waals surface area contributed by atoms with Crippen molar-refractivity contribution in [3.63, 3.8) is 0 Å². The Labute approximate surface area is 91.1 Å². The van der Waals surface area contributed by atoms with Crippen molar-refractivity contribution in [3.05, 3.63) is 41.8 Å². The van der Waals surface area contributed by atoms with Crippen molar-refractivity contribution < 1.29 is 9.53 Å². The Morgan fingerprint density at radius 1 is 1.27 bits per heavy atom. The first-order chi connectivity index (χ1) is 7.25. The number of amides is 1. The molecule has 2 N–H and O–H groups in total. The first kappa shape index (κ1) is 9.73. The summed E-state index contributed by atoms with van der Waals surface area (Å²) in [6.07, 6.45) is -0.785. The average molecular weight is 219 g/mol. The average Bonchev–Trinajstić information content (AvgIpc) is 2.67. The van der Waals surface area contributed by atoms with Gasteiger partial charge in [-0.1, -0.05) is 30.3 Å². The van der Waals surface area contributed by atoms with Crippen LogP contribution in [0.25, 0.3) is 10.4 Å². The smallest absolute Gasteiger partial charge is 0.409 e. The Morgan fingerprint density at radius 3 is 2.67 bits per heavy atom. The zero-order valence-electron chi connectivity index (χ0n) is 7.84. The number of carbonyl (C=O) groups excluding carboxylic acids is 1. The van der Waals surface area contributed by atoms with Gasteiger partial charge in [-0.2, -0.15) is 0 Å². The van der Waals surface area contributed by atoms with E-state index in [1.165, 1.54) is 11.3 Å². The van der Waals surface area contributed by atoms with Gasteiger partial charge in [0.15, 0.2) is 0 Å². The molecule has 0 bridgehead atoms. The molecular weight excluding hydrogens is 210 g/mol. The van der Waals surface area contributed by atoms with Crippen molar-refractivity contribution in [1.29, 1.82) is 0 Å². The number of benzene rings is 1. The standard InChI is InChI=1S/C11H9NO2S/c12-11(13)14-9-6-10(15-7-9)8-4-2-1-3-5-8/h1-7H,(H2,12,13). The third-order valence-electron chi connectivity index (χ3n) is 1.85. The lowest BCUT2D eigenvalue weighted by molar-refractivity contribution is 0.211. The van der Waals surface area contributed by atoms with Gasteiger partial charge in [0.25, 0.3) is 0 Å². The second kappa shape index (κ2) is 4.14. The van der Waals surface area contributed by atoms with E-state index >= 15 is 0 Å². The van der Waals surface area contributed by atoms with Gasteiger partial charge in [-0.3, -0.25) is 0 Å². The lowest BCUT2D eigenvalue weighted by Gasteiger charge is -1.95. The summed E-state index contributed by atoms with van der Waals surface area (Å²) in [6, 6.07) is 11.7. The van der Waals surface area contributed by atoms with Crippen LogP contribution in [0, 0.1) is 0 Å². The molecule has 15 heavy (non-hydrogen) atoms. The molecule has 76 valence electrons. The molecule has 0 saturated carbocycles. The monoisotopic (exact) mass is 219 g/mol. The van der Waals surface area contributed by atoms with Gasteiger partial charge in [-0.15, -0.1) is 11.3 Å². The zero-order chi connectivity index (χ0) is 10.7. The summed E-state index contributed by atoms with van der Waals surface area (Å²) in [7, 11) is 0. The van der Waals surface area contributed by atoms with Gasteiger partial charge in [0, 0.05) is 10.3 Å². The second-order valence-corrected chi connectivity index (χ2v) is 3.85. The van der Waals surface area contributed by atoms with Gasteiger partial charge in [0.1, 0.15) is 5.75 Å². The van der Waals surface area contributed by atoms with Crippen LogP contribution in [0.4, 0.5) is 4.79 Å². The Hall–Kier alpha value is -1.81. The SMILES string of the molecule is NC(=O)Oc1csc(-c2ccccc2)c1. The number of nitrogens with two attached hydrogens (primary N) is 1. The van der Waals surface area contributed by atoms with Crippen molar-refractivity contribution in [3.8, 4) is 16.2 Å². The molecule has 0 aliphatic heterocycles. The summed E-state index contributed by atoms with van der Waals surface area (Å²) in [4.78, 5) is 11.6. The van der Waals surface area contributed by atoms with Crippen molar-refractivity contribution in [2.45, 2.75) is 0 Å². The van der Waals surface area contributed by atoms with Crippen LogP contribution in [0.5, 0.6) is 5.75 Å². The summed E-state index contributed by atoms with van der Waals surface area (Å²) in [5, 5.41) is 1.76. The van der Waals surface area contributed by atoms with E-state index in [1.807, 2.05) is 30.3 Å². The van der Waals surface area contributed by atoms with Crippen LogP contribution in [-0.2, 0) is 0 Å². The van der Waals surface area contributed by atoms with Crippen LogP contribution in [0.15, 0.2) is 41.8 Å². The molecule has 0 aliphatic rings. The largest absolute Gasteiger partial charge is 0.410 e.